The SMILES string of the molecule is CCCCP(=O)(CC(O)(C(N)=O)c1ccc(Cl)cc1)OCC. The molecule has 0 bridgehead atoms. The summed E-state index contributed by atoms with van der Waals surface area (Å²) in [7, 11) is -3.17. The summed E-state index contributed by atoms with van der Waals surface area (Å²) in [6.45, 7) is 3.94. The normalized spacial score (nSPS) is 16.7. The maximum atomic E-state index is 12.9. The van der Waals surface area contributed by atoms with Gasteiger partial charge in [-0.25, -0.2) is 0 Å². The molecule has 2 atom stereocenters. The van der Waals surface area contributed by atoms with Crippen molar-refractivity contribution in [2.75, 3.05) is 18.9 Å². The molecule has 1 amide bonds. The zero-order valence-corrected chi connectivity index (χ0v) is 14.6. The first-order valence-electron chi connectivity index (χ1n) is 7.28. The van der Waals surface area contributed by atoms with Crippen LogP contribution < -0.4 is 5.73 Å². The first-order chi connectivity index (χ1) is 10.3. The van der Waals surface area contributed by atoms with Crippen molar-refractivity contribution < 1.29 is 19.0 Å². The lowest BCUT2D eigenvalue weighted by Crippen LogP contribution is -2.44. The molecule has 1 aromatic rings. The van der Waals surface area contributed by atoms with Crippen molar-refractivity contribution in [1.29, 1.82) is 0 Å². The van der Waals surface area contributed by atoms with E-state index in [9.17, 15) is 14.5 Å². The number of aliphatic hydroxyl groups is 1. The number of halogens is 1. The van der Waals surface area contributed by atoms with E-state index in [0.29, 0.717) is 17.6 Å². The Morgan fingerprint density at radius 1 is 1.36 bits per heavy atom. The highest BCUT2D eigenvalue weighted by atomic mass is 35.5. The van der Waals surface area contributed by atoms with E-state index >= 15 is 0 Å². The molecule has 0 spiro atoms. The lowest BCUT2D eigenvalue weighted by molar-refractivity contribution is -0.135. The van der Waals surface area contributed by atoms with E-state index in [-0.39, 0.29) is 18.3 Å². The number of nitrogens with two attached hydrogens (primary N) is 1. The molecule has 7 heteroatoms. The van der Waals surface area contributed by atoms with Crippen LogP contribution in [0.25, 0.3) is 0 Å². The van der Waals surface area contributed by atoms with Gasteiger partial charge in [-0.15, -0.1) is 0 Å². The minimum absolute atomic E-state index is 0.246. The van der Waals surface area contributed by atoms with Gasteiger partial charge in [0.05, 0.1) is 12.8 Å². The monoisotopic (exact) mass is 347 g/mol. The van der Waals surface area contributed by atoms with Crippen LogP contribution in [0.4, 0.5) is 0 Å². The molecular weight excluding hydrogens is 325 g/mol. The summed E-state index contributed by atoms with van der Waals surface area (Å²) in [5, 5.41) is 11.2. The van der Waals surface area contributed by atoms with Gasteiger partial charge in [-0.1, -0.05) is 37.1 Å². The summed E-state index contributed by atoms with van der Waals surface area (Å²) in [6.07, 6.45) is 1.51. The van der Waals surface area contributed by atoms with E-state index in [0.717, 1.165) is 6.42 Å². The molecule has 1 aromatic carbocycles. The van der Waals surface area contributed by atoms with Crippen molar-refractivity contribution in [3.63, 3.8) is 0 Å². The van der Waals surface area contributed by atoms with Gasteiger partial charge in [-0.2, -0.15) is 0 Å². The summed E-state index contributed by atoms with van der Waals surface area (Å²) >= 11 is 5.82. The molecule has 0 saturated carbocycles. The molecule has 0 aliphatic rings. The number of carbonyl (C=O) groups is 1. The Morgan fingerprint density at radius 3 is 2.41 bits per heavy atom. The number of hydrogen-bond acceptors (Lipinski definition) is 4. The van der Waals surface area contributed by atoms with Crippen molar-refractivity contribution in [3.05, 3.63) is 34.9 Å². The van der Waals surface area contributed by atoms with Gasteiger partial charge in [0, 0.05) is 11.2 Å². The van der Waals surface area contributed by atoms with Crippen LogP contribution in [0.3, 0.4) is 0 Å². The number of carbonyl (C=O) groups excluding carboxylic acids is 1. The predicted octanol–water partition coefficient (Wildman–Crippen LogP) is 3.13. The molecule has 0 fully saturated rings. The Bertz CT molecular complexity index is 549. The second-order valence-corrected chi connectivity index (χ2v) is 8.29. The van der Waals surface area contributed by atoms with Gasteiger partial charge < -0.3 is 15.4 Å². The van der Waals surface area contributed by atoms with Crippen LogP contribution in [-0.4, -0.2) is 29.9 Å². The highest BCUT2D eigenvalue weighted by molar-refractivity contribution is 7.59. The quantitative estimate of drug-likeness (QED) is 0.671. The second kappa shape index (κ2) is 8.11. The van der Waals surface area contributed by atoms with E-state index in [2.05, 4.69) is 0 Å². The van der Waals surface area contributed by atoms with Gasteiger partial charge in [0.2, 0.25) is 7.37 Å². The fraction of sp³-hybridized carbons (Fsp3) is 0.533. The van der Waals surface area contributed by atoms with Crippen LogP contribution in [0, 0.1) is 0 Å². The molecule has 0 saturated heterocycles. The summed E-state index contributed by atoms with van der Waals surface area (Å²) in [4.78, 5) is 11.8. The van der Waals surface area contributed by atoms with E-state index in [1.54, 1.807) is 19.1 Å². The van der Waals surface area contributed by atoms with Gasteiger partial charge in [-0.05, 0) is 31.0 Å². The van der Waals surface area contributed by atoms with Crippen molar-refractivity contribution in [1.82, 2.24) is 0 Å². The average Bonchev–Trinajstić information content (AvgIpc) is 2.45. The molecule has 0 aliphatic heterocycles. The molecule has 2 unspecified atom stereocenters. The van der Waals surface area contributed by atoms with Crippen LogP contribution in [0.5, 0.6) is 0 Å². The van der Waals surface area contributed by atoms with Crippen molar-refractivity contribution in [2.45, 2.75) is 32.3 Å². The molecule has 0 heterocycles. The lowest BCUT2D eigenvalue weighted by Gasteiger charge is -2.29. The smallest absolute Gasteiger partial charge is 0.254 e. The Morgan fingerprint density at radius 2 is 1.95 bits per heavy atom. The fourth-order valence-electron chi connectivity index (χ4n) is 2.21. The van der Waals surface area contributed by atoms with E-state index in [1.165, 1.54) is 12.1 Å². The van der Waals surface area contributed by atoms with Crippen LogP contribution >= 0.6 is 19.0 Å². The Balaban J connectivity index is 3.15. The minimum atomic E-state index is -3.17. The number of rotatable bonds is 9. The summed E-state index contributed by atoms with van der Waals surface area (Å²) in [5.41, 5.74) is 3.60. The topological polar surface area (TPSA) is 89.6 Å². The van der Waals surface area contributed by atoms with E-state index in [4.69, 9.17) is 21.9 Å². The van der Waals surface area contributed by atoms with Crippen LogP contribution in [0.2, 0.25) is 5.02 Å². The first kappa shape index (κ1) is 19.2. The maximum Gasteiger partial charge on any atom is 0.254 e. The maximum absolute atomic E-state index is 12.9. The minimum Gasteiger partial charge on any atom is -0.375 e. The predicted molar refractivity (Wildman–Crippen MR) is 88.4 cm³/mol. The number of primary amides is 1. The van der Waals surface area contributed by atoms with Gasteiger partial charge in [0.15, 0.2) is 5.60 Å². The Kier molecular flexibility index (Phi) is 7.07. The third-order valence-corrected chi connectivity index (χ3v) is 6.33. The number of amides is 1. The Labute approximate surface area is 136 Å². The van der Waals surface area contributed by atoms with Gasteiger partial charge >= 0.3 is 0 Å². The standard InChI is InChI=1S/C15H23ClNO4P/c1-3-5-10-22(20,21-4-2)11-15(19,14(17)18)12-6-8-13(16)9-7-12/h6-9,19H,3-5,10-11H2,1-2H3,(H2,17,18). The molecule has 22 heavy (non-hydrogen) atoms. The van der Waals surface area contributed by atoms with Crippen LogP contribution in [0.1, 0.15) is 32.3 Å². The highest BCUT2D eigenvalue weighted by Crippen LogP contribution is 2.52. The summed E-state index contributed by atoms with van der Waals surface area (Å²) in [5.74, 6) is -0.953. The van der Waals surface area contributed by atoms with E-state index < -0.39 is 18.9 Å². The van der Waals surface area contributed by atoms with Crippen LogP contribution in [-0.2, 0) is 19.5 Å². The molecule has 5 nitrogen and oxygen atoms in total. The molecule has 0 aromatic heterocycles. The number of hydrogen-bond donors (Lipinski definition) is 2. The fourth-order valence-corrected chi connectivity index (χ4v) is 5.02. The molecule has 124 valence electrons. The number of benzene rings is 1. The van der Waals surface area contributed by atoms with Gasteiger partial charge in [0.1, 0.15) is 0 Å². The molecule has 0 radical (unpaired) electrons. The second-order valence-electron chi connectivity index (χ2n) is 5.20. The van der Waals surface area contributed by atoms with Crippen molar-refractivity contribution in [2.24, 2.45) is 5.73 Å². The molecular formula is C15H23ClNO4P. The highest BCUT2D eigenvalue weighted by Gasteiger charge is 2.43. The van der Waals surface area contributed by atoms with Gasteiger partial charge in [-0.3, -0.25) is 9.36 Å². The van der Waals surface area contributed by atoms with Gasteiger partial charge in [0.25, 0.3) is 5.91 Å². The number of unbranched alkanes of at least 4 members (excludes halogenated alkanes) is 1. The third-order valence-electron chi connectivity index (χ3n) is 3.42. The zero-order valence-electron chi connectivity index (χ0n) is 12.9. The summed E-state index contributed by atoms with van der Waals surface area (Å²) in [6, 6.07) is 6.09. The third kappa shape index (κ3) is 4.82. The Hall–Kier alpha value is -0.870. The summed E-state index contributed by atoms with van der Waals surface area (Å²) < 4.78 is 18.3. The zero-order chi connectivity index (χ0) is 16.8. The molecule has 3 N–H and O–H groups in total. The molecule has 0 aliphatic carbocycles. The first-order valence-corrected chi connectivity index (χ1v) is 9.65. The average molecular weight is 348 g/mol. The van der Waals surface area contributed by atoms with Crippen molar-refractivity contribution in [3.8, 4) is 0 Å². The molecule has 1 rings (SSSR count). The van der Waals surface area contributed by atoms with Crippen LogP contribution in [0.15, 0.2) is 24.3 Å². The van der Waals surface area contributed by atoms with Crippen molar-refractivity contribution >= 4 is 24.9 Å². The lowest BCUT2D eigenvalue weighted by atomic mass is 9.95. The largest absolute Gasteiger partial charge is 0.375 e. The van der Waals surface area contributed by atoms with E-state index in [1.807, 2.05) is 6.92 Å².